The maximum absolute atomic E-state index is 11.8. The van der Waals surface area contributed by atoms with Crippen molar-refractivity contribution in [3.8, 4) is 0 Å². The van der Waals surface area contributed by atoms with Crippen LogP contribution in [0, 0.1) is 0 Å². The molecule has 3 nitrogen and oxygen atoms in total. The zero-order valence-corrected chi connectivity index (χ0v) is 7.34. The first-order chi connectivity index (χ1) is 6.59. The number of hydrogen-bond acceptors (Lipinski definition) is 2. The highest BCUT2D eigenvalue weighted by molar-refractivity contribution is 5.94. The molecule has 0 heterocycles. The number of nitrogens with one attached hydrogen (secondary N) is 1. The van der Waals surface area contributed by atoms with Gasteiger partial charge in [-0.05, 0) is 18.2 Å². The molecule has 5 heteroatoms. The zero-order chi connectivity index (χ0) is 10.6. The second kappa shape index (κ2) is 4.55. The highest BCUT2D eigenvalue weighted by Gasteiger charge is 2.08. The van der Waals surface area contributed by atoms with Crippen LogP contribution in [0.15, 0.2) is 24.3 Å². The maximum Gasteiger partial charge on any atom is 0.255 e. The first-order valence-corrected chi connectivity index (χ1v) is 4.01. The number of carbonyl (C=O) groups is 1. The summed E-state index contributed by atoms with van der Waals surface area (Å²) in [6, 6.07) is 6.15. The third kappa shape index (κ3) is 3.01. The summed E-state index contributed by atoms with van der Waals surface area (Å²) in [5, 5.41) is 2.08. The van der Waals surface area contributed by atoms with Gasteiger partial charge in [0.2, 0.25) is 0 Å². The lowest BCUT2D eigenvalue weighted by molar-refractivity contribution is 0.0892. The van der Waals surface area contributed by atoms with Crippen LogP contribution in [0.1, 0.15) is 10.4 Å². The van der Waals surface area contributed by atoms with Crippen molar-refractivity contribution in [1.29, 1.82) is 0 Å². The Labute approximate surface area is 79.9 Å². The van der Waals surface area contributed by atoms with E-state index in [2.05, 4.69) is 5.32 Å². The SMILES string of the molecule is Nc1cccc(C(=O)NCC(F)F)c1. The van der Waals surface area contributed by atoms with Crippen LogP contribution in [-0.2, 0) is 0 Å². The lowest BCUT2D eigenvalue weighted by Gasteiger charge is -2.04. The molecule has 1 aromatic rings. The molecule has 0 aliphatic rings. The number of nitrogen functional groups attached to an aromatic ring is 1. The van der Waals surface area contributed by atoms with Gasteiger partial charge in [-0.3, -0.25) is 4.79 Å². The fraction of sp³-hybridized carbons (Fsp3) is 0.222. The van der Waals surface area contributed by atoms with Crippen LogP contribution in [0.3, 0.4) is 0 Å². The molecule has 0 saturated heterocycles. The molecule has 0 aliphatic heterocycles. The van der Waals surface area contributed by atoms with E-state index in [-0.39, 0.29) is 5.56 Å². The molecule has 0 unspecified atom stereocenters. The largest absolute Gasteiger partial charge is 0.399 e. The summed E-state index contributed by atoms with van der Waals surface area (Å²) in [4.78, 5) is 11.2. The predicted octanol–water partition coefficient (Wildman–Crippen LogP) is 1.26. The van der Waals surface area contributed by atoms with Crippen molar-refractivity contribution in [3.63, 3.8) is 0 Å². The number of carbonyl (C=O) groups excluding carboxylic acids is 1. The normalized spacial score (nSPS) is 10.2. The van der Waals surface area contributed by atoms with Gasteiger partial charge in [-0.15, -0.1) is 0 Å². The molecule has 14 heavy (non-hydrogen) atoms. The van der Waals surface area contributed by atoms with Crippen molar-refractivity contribution in [3.05, 3.63) is 29.8 Å². The smallest absolute Gasteiger partial charge is 0.255 e. The van der Waals surface area contributed by atoms with E-state index in [1.807, 2.05) is 0 Å². The summed E-state index contributed by atoms with van der Waals surface area (Å²) in [5.74, 6) is -0.544. The van der Waals surface area contributed by atoms with Crippen molar-refractivity contribution in [2.75, 3.05) is 12.3 Å². The van der Waals surface area contributed by atoms with Gasteiger partial charge in [0.25, 0.3) is 12.3 Å². The number of hydrogen-bond donors (Lipinski definition) is 2. The monoisotopic (exact) mass is 200 g/mol. The molecule has 0 saturated carbocycles. The molecule has 0 bridgehead atoms. The molecule has 1 rings (SSSR count). The van der Waals surface area contributed by atoms with Crippen molar-refractivity contribution in [2.24, 2.45) is 0 Å². The van der Waals surface area contributed by atoms with Crippen LogP contribution < -0.4 is 11.1 Å². The highest BCUT2D eigenvalue weighted by atomic mass is 19.3. The van der Waals surface area contributed by atoms with E-state index in [4.69, 9.17) is 5.73 Å². The Morgan fingerprint density at radius 1 is 1.50 bits per heavy atom. The summed E-state index contributed by atoms with van der Waals surface area (Å²) >= 11 is 0. The van der Waals surface area contributed by atoms with Crippen molar-refractivity contribution < 1.29 is 13.6 Å². The highest BCUT2D eigenvalue weighted by Crippen LogP contribution is 2.06. The third-order valence-corrected chi connectivity index (χ3v) is 1.57. The fourth-order valence-electron chi connectivity index (χ4n) is 0.952. The minimum atomic E-state index is -2.54. The number of alkyl halides is 2. The lowest BCUT2D eigenvalue weighted by Crippen LogP contribution is -2.28. The van der Waals surface area contributed by atoms with Crippen molar-refractivity contribution in [1.82, 2.24) is 5.32 Å². The van der Waals surface area contributed by atoms with E-state index in [9.17, 15) is 13.6 Å². The van der Waals surface area contributed by atoms with Gasteiger partial charge in [0.1, 0.15) is 0 Å². The van der Waals surface area contributed by atoms with Crippen LogP contribution >= 0.6 is 0 Å². The second-order valence-electron chi connectivity index (χ2n) is 2.73. The van der Waals surface area contributed by atoms with Crippen LogP contribution in [-0.4, -0.2) is 18.9 Å². The van der Waals surface area contributed by atoms with Crippen LogP contribution in [0.25, 0.3) is 0 Å². The van der Waals surface area contributed by atoms with Gasteiger partial charge < -0.3 is 11.1 Å². The first kappa shape index (κ1) is 10.4. The Kier molecular flexibility index (Phi) is 3.39. The average Bonchev–Trinajstić information content (AvgIpc) is 2.14. The van der Waals surface area contributed by atoms with E-state index in [1.54, 1.807) is 12.1 Å². The summed E-state index contributed by atoms with van der Waals surface area (Å²) in [7, 11) is 0. The molecule has 0 radical (unpaired) electrons. The predicted molar refractivity (Wildman–Crippen MR) is 49.2 cm³/mol. The molecule has 76 valence electrons. The van der Waals surface area contributed by atoms with E-state index < -0.39 is 18.9 Å². The van der Waals surface area contributed by atoms with E-state index >= 15 is 0 Å². The summed E-state index contributed by atoms with van der Waals surface area (Å²) in [6.45, 7) is -0.645. The minimum Gasteiger partial charge on any atom is -0.399 e. The Balaban J connectivity index is 2.61. The van der Waals surface area contributed by atoms with Crippen LogP contribution in [0.5, 0.6) is 0 Å². The lowest BCUT2D eigenvalue weighted by atomic mass is 10.2. The Bertz CT molecular complexity index is 328. The number of anilines is 1. The van der Waals surface area contributed by atoms with E-state index in [1.165, 1.54) is 12.1 Å². The van der Waals surface area contributed by atoms with Crippen molar-refractivity contribution in [2.45, 2.75) is 6.43 Å². The van der Waals surface area contributed by atoms with Gasteiger partial charge in [0.15, 0.2) is 0 Å². The molecule has 0 spiro atoms. The first-order valence-electron chi connectivity index (χ1n) is 4.01. The molecule has 1 aromatic carbocycles. The Morgan fingerprint density at radius 2 is 2.21 bits per heavy atom. The molecule has 0 atom stereocenters. The van der Waals surface area contributed by atoms with Gasteiger partial charge in [-0.1, -0.05) is 6.07 Å². The Hall–Kier alpha value is -1.65. The van der Waals surface area contributed by atoms with Gasteiger partial charge in [-0.2, -0.15) is 0 Å². The van der Waals surface area contributed by atoms with Gasteiger partial charge in [-0.25, -0.2) is 8.78 Å². The summed E-state index contributed by atoms with van der Waals surface area (Å²) in [5.41, 5.74) is 6.13. The molecule has 0 aromatic heterocycles. The Morgan fingerprint density at radius 3 is 2.79 bits per heavy atom. The number of nitrogens with two attached hydrogens (primary N) is 1. The minimum absolute atomic E-state index is 0.283. The fourth-order valence-corrected chi connectivity index (χ4v) is 0.952. The summed E-state index contributed by atoms with van der Waals surface area (Å²) in [6.07, 6.45) is -2.54. The topological polar surface area (TPSA) is 55.1 Å². The maximum atomic E-state index is 11.8. The standard InChI is InChI=1S/C9H10F2N2O/c10-8(11)5-13-9(14)6-2-1-3-7(12)4-6/h1-4,8H,5,12H2,(H,13,14). The average molecular weight is 200 g/mol. The molecule has 0 fully saturated rings. The van der Waals surface area contributed by atoms with Gasteiger partial charge >= 0.3 is 0 Å². The van der Waals surface area contributed by atoms with Gasteiger partial charge in [0, 0.05) is 11.3 Å². The molecular weight excluding hydrogens is 190 g/mol. The number of benzene rings is 1. The second-order valence-corrected chi connectivity index (χ2v) is 2.73. The molecule has 3 N–H and O–H groups in total. The van der Waals surface area contributed by atoms with Gasteiger partial charge in [0.05, 0.1) is 6.54 Å². The van der Waals surface area contributed by atoms with Crippen LogP contribution in [0.2, 0.25) is 0 Å². The molecule has 0 aliphatic carbocycles. The van der Waals surface area contributed by atoms with E-state index in [0.717, 1.165) is 0 Å². The third-order valence-electron chi connectivity index (χ3n) is 1.57. The van der Waals surface area contributed by atoms with Crippen molar-refractivity contribution >= 4 is 11.6 Å². The molecule has 1 amide bonds. The summed E-state index contributed by atoms with van der Waals surface area (Å²) < 4.78 is 23.5. The molecular formula is C9H10F2N2O. The van der Waals surface area contributed by atoms with E-state index in [0.29, 0.717) is 5.69 Å². The number of halogens is 2. The number of rotatable bonds is 3. The quantitative estimate of drug-likeness (QED) is 0.722. The number of amides is 1. The zero-order valence-electron chi connectivity index (χ0n) is 7.34. The van der Waals surface area contributed by atoms with Crippen LogP contribution in [0.4, 0.5) is 14.5 Å².